The number of rotatable bonds is 9. The first-order valence-electron chi connectivity index (χ1n) is 13.4. The molecule has 1 amide bonds. The number of nitrogens with one attached hydrogen (secondary N) is 1. The third-order valence-corrected chi connectivity index (χ3v) is 10.8. The largest absolute Gasteiger partial charge is 0.497 e. The Balaban J connectivity index is 1.29. The second-order valence-corrected chi connectivity index (χ2v) is 13.3. The van der Waals surface area contributed by atoms with Gasteiger partial charge in [0.2, 0.25) is 0 Å². The van der Waals surface area contributed by atoms with Gasteiger partial charge in [-0.3, -0.25) is 4.79 Å². The summed E-state index contributed by atoms with van der Waals surface area (Å²) in [5.74, 6) is -5.63. The topological polar surface area (TPSA) is 114 Å². The Kier molecular flexibility index (Phi) is 8.73. The predicted molar refractivity (Wildman–Crippen MR) is 153 cm³/mol. The number of nitrogens with zero attached hydrogens (tertiary/aromatic N) is 1. The lowest BCUT2D eigenvalue weighted by atomic mass is 9.78. The van der Waals surface area contributed by atoms with Gasteiger partial charge in [-0.1, -0.05) is 28.9 Å². The van der Waals surface area contributed by atoms with Gasteiger partial charge in [-0.15, -0.1) is 0 Å². The van der Waals surface area contributed by atoms with Crippen LogP contribution in [-0.4, -0.2) is 43.6 Å². The fourth-order valence-corrected chi connectivity index (χ4v) is 8.83. The van der Waals surface area contributed by atoms with Crippen LogP contribution in [0.3, 0.4) is 0 Å². The number of oxime groups is 1. The van der Waals surface area contributed by atoms with E-state index in [-0.39, 0.29) is 40.6 Å². The van der Waals surface area contributed by atoms with Crippen LogP contribution in [0.5, 0.6) is 5.75 Å². The Hall–Kier alpha value is -3.61. The van der Waals surface area contributed by atoms with Crippen LogP contribution in [0.1, 0.15) is 41.6 Å². The molecule has 8 nitrogen and oxygen atoms in total. The number of hydrogen-bond donors (Lipinski definition) is 2. The summed E-state index contributed by atoms with van der Waals surface area (Å²) < 4.78 is 73.4. The lowest BCUT2D eigenvalue weighted by Gasteiger charge is -2.38. The van der Waals surface area contributed by atoms with E-state index in [1.807, 2.05) is 12.1 Å². The molecule has 43 heavy (non-hydrogen) atoms. The highest BCUT2D eigenvalue weighted by atomic mass is 35.5. The number of benzene rings is 3. The lowest BCUT2D eigenvalue weighted by Crippen LogP contribution is -2.47. The maximum atomic E-state index is 13.9. The molecule has 0 heterocycles. The van der Waals surface area contributed by atoms with Crippen molar-refractivity contribution in [1.82, 2.24) is 0 Å². The fraction of sp³-hybridized carbons (Fsp3) is 0.333. The van der Waals surface area contributed by atoms with Crippen LogP contribution in [0.2, 0.25) is 5.02 Å². The van der Waals surface area contributed by atoms with E-state index in [0.717, 1.165) is 11.6 Å². The van der Waals surface area contributed by atoms with E-state index in [0.29, 0.717) is 30.7 Å². The zero-order chi connectivity index (χ0) is 30.9. The molecule has 2 saturated carbocycles. The summed E-state index contributed by atoms with van der Waals surface area (Å²) in [4.78, 5) is 17.9. The SMILES string of the molecule is COc1ccc(CO/N=C/C2(O)CC3CCC(C2)C3S(=O)(=O)c2cc(C(=O)Nc3cc(F)c(F)c(F)c3)ccc2Cl)cc1. The molecule has 2 aliphatic rings. The van der Waals surface area contributed by atoms with Crippen LogP contribution in [-0.2, 0) is 21.3 Å². The minimum Gasteiger partial charge on any atom is -0.497 e. The zero-order valence-electron chi connectivity index (χ0n) is 22.9. The van der Waals surface area contributed by atoms with Gasteiger partial charge in [0.25, 0.3) is 5.91 Å². The van der Waals surface area contributed by atoms with Crippen molar-refractivity contribution in [3.8, 4) is 5.75 Å². The standard InChI is InChI=1S/C30H28ClF3N2O6S/c1-41-22-7-2-17(3-8-22)15-42-35-16-30(38)13-19-4-5-20(14-30)28(19)43(39,40)26-10-18(6-9-23(26)31)29(37)36-21-11-24(32)27(34)25(33)12-21/h2-3,6-12,16,19-20,28,38H,4-5,13-15H2,1H3,(H,36,37)/b35-16+. The molecule has 228 valence electrons. The van der Waals surface area contributed by atoms with E-state index >= 15 is 0 Å². The highest BCUT2D eigenvalue weighted by Crippen LogP contribution is 2.51. The fourth-order valence-electron chi connectivity index (χ4n) is 5.99. The molecule has 0 aliphatic heterocycles. The second kappa shape index (κ2) is 12.2. The smallest absolute Gasteiger partial charge is 0.255 e. The first-order valence-corrected chi connectivity index (χ1v) is 15.3. The van der Waals surface area contributed by atoms with Crippen LogP contribution in [0.15, 0.2) is 64.6 Å². The van der Waals surface area contributed by atoms with Gasteiger partial charge >= 0.3 is 0 Å². The van der Waals surface area contributed by atoms with Gasteiger partial charge in [-0.05, 0) is 73.4 Å². The van der Waals surface area contributed by atoms with E-state index in [4.69, 9.17) is 21.2 Å². The van der Waals surface area contributed by atoms with E-state index in [2.05, 4.69) is 10.5 Å². The summed E-state index contributed by atoms with van der Waals surface area (Å²) in [7, 11) is -2.50. The summed E-state index contributed by atoms with van der Waals surface area (Å²) in [6.45, 7) is 0.174. The van der Waals surface area contributed by atoms with Crippen molar-refractivity contribution in [2.75, 3.05) is 12.4 Å². The summed E-state index contributed by atoms with van der Waals surface area (Å²) in [6.07, 6.45) is 2.74. The number of sulfone groups is 1. The number of methoxy groups -OCH3 is 1. The quantitative estimate of drug-likeness (QED) is 0.171. The van der Waals surface area contributed by atoms with Gasteiger partial charge in [-0.2, -0.15) is 0 Å². The van der Waals surface area contributed by atoms with Crippen LogP contribution >= 0.6 is 11.6 Å². The summed E-state index contributed by atoms with van der Waals surface area (Å²) in [5.41, 5.74) is -0.985. The molecule has 0 aromatic heterocycles. The molecule has 0 radical (unpaired) electrons. The number of halogens is 4. The highest BCUT2D eigenvalue weighted by Gasteiger charge is 2.54. The third-order valence-electron chi connectivity index (χ3n) is 7.93. The summed E-state index contributed by atoms with van der Waals surface area (Å²) >= 11 is 6.30. The first-order chi connectivity index (χ1) is 20.4. The first kappa shape index (κ1) is 30.8. The molecule has 2 aliphatic carbocycles. The number of anilines is 1. The van der Waals surface area contributed by atoms with Gasteiger partial charge < -0.3 is 20.0 Å². The van der Waals surface area contributed by atoms with Gasteiger partial charge in [0.05, 0.1) is 28.5 Å². The van der Waals surface area contributed by atoms with Crippen molar-refractivity contribution in [1.29, 1.82) is 0 Å². The Labute approximate surface area is 251 Å². The van der Waals surface area contributed by atoms with Crippen LogP contribution in [0.25, 0.3) is 0 Å². The number of amides is 1. The molecule has 2 bridgehead atoms. The maximum Gasteiger partial charge on any atom is 0.255 e. The van der Waals surface area contributed by atoms with Crippen molar-refractivity contribution in [3.05, 3.63) is 88.2 Å². The summed E-state index contributed by atoms with van der Waals surface area (Å²) in [5, 5.41) is 16.5. The average molecular weight is 637 g/mol. The molecule has 0 saturated heterocycles. The number of fused-ring (bicyclic) bond motifs is 2. The summed E-state index contributed by atoms with van der Waals surface area (Å²) in [6, 6.07) is 12.1. The van der Waals surface area contributed by atoms with Crippen molar-refractivity contribution >= 4 is 39.2 Å². The molecule has 13 heteroatoms. The number of hydrogen-bond acceptors (Lipinski definition) is 7. The predicted octanol–water partition coefficient (Wildman–Crippen LogP) is 5.91. The van der Waals surface area contributed by atoms with Crippen molar-refractivity contribution in [3.63, 3.8) is 0 Å². The second-order valence-electron chi connectivity index (χ2n) is 10.8. The number of aliphatic hydroxyl groups is 1. The lowest BCUT2D eigenvalue weighted by molar-refractivity contribution is 0.0411. The van der Waals surface area contributed by atoms with E-state index in [9.17, 15) is 31.5 Å². The minimum atomic E-state index is -4.07. The van der Waals surface area contributed by atoms with Crippen molar-refractivity contribution in [2.24, 2.45) is 17.0 Å². The zero-order valence-corrected chi connectivity index (χ0v) is 24.5. The van der Waals surface area contributed by atoms with E-state index in [1.54, 1.807) is 19.2 Å². The molecular formula is C30H28ClF3N2O6S. The molecule has 2 N–H and O–H groups in total. The maximum absolute atomic E-state index is 13.9. The van der Waals surface area contributed by atoms with Crippen molar-refractivity contribution < 1.29 is 41.1 Å². The molecule has 0 spiro atoms. The molecule has 2 atom stereocenters. The Morgan fingerprint density at radius 1 is 1.07 bits per heavy atom. The molecule has 2 unspecified atom stereocenters. The molecule has 3 aromatic carbocycles. The van der Waals surface area contributed by atoms with E-state index in [1.165, 1.54) is 18.3 Å². The Morgan fingerprint density at radius 3 is 2.30 bits per heavy atom. The number of carbonyl (C=O) groups excluding carboxylic acids is 1. The van der Waals surface area contributed by atoms with Crippen molar-refractivity contribution in [2.45, 2.75) is 48.0 Å². The normalized spacial score (nSPS) is 23.3. The Morgan fingerprint density at radius 2 is 1.70 bits per heavy atom. The average Bonchev–Trinajstić information content (AvgIpc) is 3.27. The van der Waals surface area contributed by atoms with E-state index < -0.39 is 55.9 Å². The molecule has 5 rings (SSSR count). The number of ether oxygens (including phenoxy) is 1. The highest BCUT2D eigenvalue weighted by molar-refractivity contribution is 7.92. The van der Waals surface area contributed by atoms with Crippen LogP contribution in [0, 0.1) is 29.3 Å². The van der Waals surface area contributed by atoms with Gasteiger partial charge in [0.1, 0.15) is 18.0 Å². The van der Waals surface area contributed by atoms with Gasteiger partial charge in [0.15, 0.2) is 27.3 Å². The molecule has 3 aromatic rings. The monoisotopic (exact) mass is 636 g/mol. The third kappa shape index (κ3) is 6.51. The van der Waals surface area contributed by atoms with Crippen LogP contribution in [0.4, 0.5) is 18.9 Å². The Bertz CT molecular complexity index is 1630. The van der Waals surface area contributed by atoms with Gasteiger partial charge in [-0.25, -0.2) is 21.6 Å². The molecular weight excluding hydrogens is 609 g/mol. The number of carbonyl (C=O) groups is 1. The molecule has 2 fully saturated rings. The van der Waals surface area contributed by atoms with Gasteiger partial charge in [0, 0.05) is 23.4 Å². The minimum absolute atomic E-state index is 0.0934. The van der Waals surface area contributed by atoms with Crippen LogP contribution < -0.4 is 10.1 Å².